The van der Waals surface area contributed by atoms with Crippen LogP contribution in [0.15, 0.2) is 5.38 Å². The molecule has 6 nitrogen and oxygen atoms in total. The predicted molar refractivity (Wildman–Crippen MR) is 92.0 cm³/mol. The highest BCUT2D eigenvalue weighted by molar-refractivity contribution is 7.09. The number of thiazole rings is 1. The summed E-state index contributed by atoms with van der Waals surface area (Å²) >= 11 is 1.70. The Morgan fingerprint density at radius 1 is 1.38 bits per heavy atom. The average molecular weight is 351 g/mol. The molecule has 2 fully saturated rings. The number of rotatable bonds is 5. The van der Waals surface area contributed by atoms with Crippen LogP contribution in [0.4, 0.5) is 0 Å². The Balaban J connectivity index is 1.47. The number of nitrogens with zero attached hydrogens (tertiary/aromatic N) is 2. The van der Waals surface area contributed by atoms with Crippen molar-refractivity contribution in [2.75, 3.05) is 26.2 Å². The number of piperidine rings is 1. The van der Waals surface area contributed by atoms with E-state index in [4.69, 9.17) is 9.72 Å². The zero-order chi connectivity index (χ0) is 16.9. The van der Waals surface area contributed by atoms with E-state index in [2.05, 4.69) is 10.7 Å². The smallest absolute Gasteiger partial charge is 0.251 e. The standard InChI is InChI=1S/C17H25N3O3S/c1-12(21)18-7-4-14-11-24-16(19-14)13-5-8-20(9-6-13)17(22)15-3-2-10-23-15/h11,13,15H,2-10H2,1H3,(H,18,21). The van der Waals surface area contributed by atoms with Crippen LogP contribution in [0, 0.1) is 0 Å². The fourth-order valence-corrected chi connectivity index (χ4v) is 4.34. The molecule has 2 aliphatic heterocycles. The third-order valence-corrected chi connectivity index (χ3v) is 5.74. The number of likely N-dealkylation sites (tertiary alicyclic amines) is 1. The predicted octanol–water partition coefficient (Wildman–Crippen LogP) is 1.71. The molecule has 1 unspecified atom stereocenters. The molecule has 0 bridgehead atoms. The molecule has 0 aliphatic carbocycles. The van der Waals surface area contributed by atoms with Gasteiger partial charge in [-0.1, -0.05) is 0 Å². The van der Waals surface area contributed by atoms with Crippen molar-refractivity contribution in [1.29, 1.82) is 0 Å². The number of ether oxygens (including phenoxy) is 1. The summed E-state index contributed by atoms with van der Waals surface area (Å²) < 4.78 is 5.51. The van der Waals surface area contributed by atoms with Gasteiger partial charge in [0.05, 0.1) is 10.7 Å². The molecular weight excluding hydrogens is 326 g/mol. The molecule has 2 amide bonds. The average Bonchev–Trinajstić information content (AvgIpc) is 3.26. The molecule has 3 rings (SSSR count). The van der Waals surface area contributed by atoms with Crippen molar-refractivity contribution in [2.45, 2.75) is 51.0 Å². The quantitative estimate of drug-likeness (QED) is 0.877. The SMILES string of the molecule is CC(=O)NCCc1csc(C2CCN(C(=O)C3CCCO3)CC2)n1. The molecule has 3 heterocycles. The molecule has 2 aliphatic rings. The van der Waals surface area contributed by atoms with E-state index in [1.54, 1.807) is 11.3 Å². The van der Waals surface area contributed by atoms with Crippen molar-refractivity contribution >= 4 is 23.2 Å². The lowest BCUT2D eigenvalue weighted by Crippen LogP contribution is -2.43. The second-order valence-electron chi connectivity index (χ2n) is 6.51. The Morgan fingerprint density at radius 2 is 2.17 bits per heavy atom. The largest absolute Gasteiger partial charge is 0.368 e. The molecule has 132 valence electrons. The second-order valence-corrected chi connectivity index (χ2v) is 7.40. The van der Waals surface area contributed by atoms with Crippen LogP contribution in [0.3, 0.4) is 0 Å². The first kappa shape index (κ1) is 17.4. The first-order valence-electron chi connectivity index (χ1n) is 8.72. The summed E-state index contributed by atoms with van der Waals surface area (Å²) in [6, 6.07) is 0. The summed E-state index contributed by atoms with van der Waals surface area (Å²) in [4.78, 5) is 29.9. The topological polar surface area (TPSA) is 71.5 Å². The van der Waals surface area contributed by atoms with Crippen molar-refractivity contribution in [3.63, 3.8) is 0 Å². The van der Waals surface area contributed by atoms with Gasteiger partial charge in [0.15, 0.2) is 0 Å². The summed E-state index contributed by atoms with van der Waals surface area (Å²) in [6.07, 6.45) is 4.36. The van der Waals surface area contributed by atoms with Gasteiger partial charge in [-0.15, -0.1) is 11.3 Å². The van der Waals surface area contributed by atoms with Crippen LogP contribution in [-0.2, 0) is 20.7 Å². The third kappa shape index (κ3) is 4.33. The summed E-state index contributed by atoms with van der Waals surface area (Å²) in [5.41, 5.74) is 1.04. The zero-order valence-electron chi connectivity index (χ0n) is 14.1. The third-order valence-electron chi connectivity index (χ3n) is 4.69. The van der Waals surface area contributed by atoms with Gasteiger partial charge >= 0.3 is 0 Å². The fraction of sp³-hybridized carbons (Fsp3) is 0.706. The maximum absolute atomic E-state index is 12.4. The number of amides is 2. The molecular formula is C17H25N3O3S. The van der Waals surface area contributed by atoms with Gasteiger partial charge in [-0.2, -0.15) is 0 Å². The van der Waals surface area contributed by atoms with E-state index in [-0.39, 0.29) is 17.9 Å². The van der Waals surface area contributed by atoms with Crippen molar-refractivity contribution in [3.8, 4) is 0 Å². The van der Waals surface area contributed by atoms with Gasteiger partial charge in [0, 0.05) is 50.9 Å². The number of carbonyl (C=O) groups is 2. The molecule has 24 heavy (non-hydrogen) atoms. The number of aromatic nitrogens is 1. The molecule has 1 N–H and O–H groups in total. The number of hydrogen-bond donors (Lipinski definition) is 1. The van der Waals surface area contributed by atoms with Crippen LogP contribution in [0.25, 0.3) is 0 Å². The summed E-state index contributed by atoms with van der Waals surface area (Å²) in [7, 11) is 0. The van der Waals surface area contributed by atoms with E-state index < -0.39 is 0 Å². The molecule has 2 saturated heterocycles. The van der Waals surface area contributed by atoms with Crippen molar-refractivity contribution in [3.05, 3.63) is 16.1 Å². The van der Waals surface area contributed by atoms with Crippen molar-refractivity contribution in [1.82, 2.24) is 15.2 Å². The maximum atomic E-state index is 12.4. The van der Waals surface area contributed by atoms with Crippen LogP contribution in [0.1, 0.15) is 49.2 Å². The van der Waals surface area contributed by atoms with E-state index in [0.717, 1.165) is 55.9 Å². The van der Waals surface area contributed by atoms with Crippen LogP contribution >= 0.6 is 11.3 Å². The Hall–Kier alpha value is -1.47. The molecule has 1 atom stereocenters. The highest BCUT2D eigenvalue weighted by Gasteiger charge is 2.31. The van der Waals surface area contributed by atoms with E-state index in [0.29, 0.717) is 19.1 Å². The minimum absolute atomic E-state index is 0.00580. The van der Waals surface area contributed by atoms with Gasteiger partial charge in [0.25, 0.3) is 5.91 Å². The Labute approximate surface area is 146 Å². The van der Waals surface area contributed by atoms with Crippen LogP contribution in [0.2, 0.25) is 0 Å². The Kier molecular flexibility index (Phi) is 5.84. The first-order chi connectivity index (χ1) is 11.6. The molecule has 1 aromatic rings. The molecule has 0 saturated carbocycles. The minimum atomic E-state index is -0.207. The highest BCUT2D eigenvalue weighted by atomic mass is 32.1. The van der Waals surface area contributed by atoms with E-state index in [1.807, 2.05) is 4.90 Å². The van der Waals surface area contributed by atoms with Crippen molar-refractivity contribution < 1.29 is 14.3 Å². The Morgan fingerprint density at radius 3 is 2.83 bits per heavy atom. The number of hydrogen-bond acceptors (Lipinski definition) is 5. The highest BCUT2D eigenvalue weighted by Crippen LogP contribution is 2.31. The summed E-state index contributed by atoms with van der Waals surface area (Å²) in [5, 5.41) is 6.05. The molecule has 0 aromatic carbocycles. The molecule has 0 radical (unpaired) electrons. The van der Waals surface area contributed by atoms with Gasteiger partial charge < -0.3 is 15.0 Å². The van der Waals surface area contributed by atoms with E-state index in [9.17, 15) is 9.59 Å². The maximum Gasteiger partial charge on any atom is 0.251 e. The monoisotopic (exact) mass is 351 g/mol. The van der Waals surface area contributed by atoms with Crippen LogP contribution < -0.4 is 5.32 Å². The fourth-order valence-electron chi connectivity index (χ4n) is 3.31. The lowest BCUT2D eigenvalue weighted by Gasteiger charge is -2.32. The number of nitrogens with one attached hydrogen (secondary N) is 1. The minimum Gasteiger partial charge on any atom is -0.368 e. The summed E-state index contributed by atoms with van der Waals surface area (Å²) in [6.45, 7) is 4.46. The van der Waals surface area contributed by atoms with Crippen molar-refractivity contribution in [2.24, 2.45) is 0 Å². The van der Waals surface area contributed by atoms with Gasteiger partial charge in [-0.25, -0.2) is 4.98 Å². The normalized spacial score (nSPS) is 21.9. The first-order valence-corrected chi connectivity index (χ1v) is 9.60. The lowest BCUT2D eigenvalue weighted by molar-refractivity contribution is -0.142. The molecule has 7 heteroatoms. The van der Waals surface area contributed by atoms with Gasteiger partial charge in [-0.3, -0.25) is 9.59 Å². The van der Waals surface area contributed by atoms with Gasteiger partial charge in [0.1, 0.15) is 6.10 Å². The van der Waals surface area contributed by atoms with Crippen LogP contribution in [0.5, 0.6) is 0 Å². The van der Waals surface area contributed by atoms with E-state index >= 15 is 0 Å². The van der Waals surface area contributed by atoms with Gasteiger partial charge in [0.2, 0.25) is 5.91 Å². The Bertz CT molecular complexity index is 575. The molecule has 0 spiro atoms. The second kappa shape index (κ2) is 8.07. The molecule has 1 aromatic heterocycles. The van der Waals surface area contributed by atoms with Crippen LogP contribution in [-0.4, -0.2) is 54.0 Å². The number of carbonyl (C=O) groups excluding carboxylic acids is 2. The van der Waals surface area contributed by atoms with E-state index in [1.165, 1.54) is 6.92 Å². The zero-order valence-corrected chi connectivity index (χ0v) is 14.9. The lowest BCUT2D eigenvalue weighted by atomic mass is 9.97. The van der Waals surface area contributed by atoms with Gasteiger partial charge in [-0.05, 0) is 25.7 Å². The summed E-state index contributed by atoms with van der Waals surface area (Å²) in [5.74, 6) is 0.605.